The first kappa shape index (κ1) is 21.7. The monoisotopic (exact) mass is 440 g/mol. The van der Waals surface area contributed by atoms with Gasteiger partial charge in [-0.3, -0.25) is 4.99 Å². The lowest BCUT2D eigenvalue weighted by atomic mass is 10.1. The lowest BCUT2D eigenvalue weighted by Gasteiger charge is -2.25. The smallest absolute Gasteiger partial charge is 0.252 e. The third-order valence-corrected chi connectivity index (χ3v) is 8.00. The van der Waals surface area contributed by atoms with Crippen LogP contribution in [0.25, 0.3) is 0 Å². The standard InChI is InChI=1S/C19H25FN4O3S2/c1-14-3-4-15(11-17(14)20)12-22-19(21-2)23-13-16-5-6-18(28-16)29(25,26)24-7-9-27-10-8-24/h3-6,11H,7-10,12-13H2,1-2H3,(H2,21,22,23). The summed E-state index contributed by atoms with van der Waals surface area (Å²) in [5.41, 5.74) is 1.42. The van der Waals surface area contributed by atoms with Gasteiger partial charge in [0.2, 0.25) is 0 Å². The molecule has 0 unspecified atom stereocenters. The van der Waals surface area contributed by atoms with Gasteiger partial charge in [0.05, 0.1) is 19.8 Å². The summed E-state index contributed by atoms with van der Waals surface area (Å²) in [6, 6.07) is 8.54. The number of halogens is 1. The highest BCUT2D eigenvalue weighted by Gasteiger charge is 2.27. The summed E-state index contributed by atoms with van der Waals surface area (Å²) in [4.78, 5) is 5.03. The van der Waals surface area contributed by atoms with Gasteiger partial charge in [-0.05, 0) is 36.2 Å². The van der Waals surface area contributed by atoms with Crippen LogP contribution in [0.3, 0.4) is 0 Å². The molecule has 1 aliphatic heterocycles. The van der Waals surface area contributed by atoms with Gasteiger partial charge >= 0.3 is 0 Å². The molecule has 2 aromatic rings. The van der Waals surface area contributed by atoms with Gasteiger partial charge in [-0.25, -0.2) is 12.8 Å². The maximum atomic E-state index is 13.7. The average Bonchev–Trinajstić information content (AvgIpc) is 3.21. The predicted molar refractivity (Wildman–Crippen MR) is 112 cm³/mol. The second-order valence-electron chi connectivity index (χ2n) is 6.60. The van der Waals surface area contributed by atoms with Gasteiger partial charge in [0.25, 0.3) is 10.0 Å². The zero-order valence-corrected chi connectivity index (χ0v) is 18.1. The molecule has 0 aliphatic carbocycles. The topological polar surface area (TPSA) is 83.0 Å². The number of thiophene rings is 1. The Labute approximate surface area is 174 Å². The molecule has 1 aromatic heterocycles. The Hall–Kier alpha value is -2.01. The zero-order chi connectivity index (χ0) is 20.9. The molecule has 1 fully saturated rings. The van der Waals surface area contributed by atoms with Crippen molar-refractivity contribution in [2.24, 2.45) is 4.99 Å². The van der Waals surface area contributed by atoms with E-state index in [0.717, 1.165) is 10.4 Å². The molecular weight excluding hydrogens is 415 g/mol. The van der Waals surface area contributed by atoms with E-state index >= 15 is 0 Å². The Morgan fingerprint density at radius 3 is 2.62 bits per heavy atom. The van der Waals surface area contributed by atoms with Crippen LogP contribution < -0.4 is 10.6 Å². The molecule has 2 N–H and O–H groups in total. The number of aryl methyl sites for hydroxylation is 1. The van der Waals surface area contributed by atoms with E-state index in [4.69, 9.17) is 4.74 Å². The summed E-state index contributed by atoms with van der Waals surface area (Å²) < 4.78 is 46.1. The molecule has 1 aliphatic rings. The molecule has 1 saturated heterocycles. The second kappa shape index (κ2) is 9.66. The Bertz CT molecular complexity index is 970. The minimum atomic E-state index is -3.48. The first-order valence-corrected chi connectivity index (χ1v) is 11.5. The molecule has 0 atom stereocenters. The fourth-order valence-electron chi connectivity index (χ4n) is 2.83. The zero-order valence-electron chi connectivity index (χ0n) is 16.4. The number of morpholine rings is 1. The van der Waals surface area contributed by atoms with Gasteiger partial charge in [-0.15, -0.1) is 11.3 Å². The van der Waals surface area contributed by atoms with Crippen molar-refractivity contribution in [1.82, 2.24) is 14.9 Å². The van der Waals surface area contributed by atoms with Gasteiger partial charge in [0, 0.05) is 31.6 Å². The lowest BCUT2D eigenvalue weighted by Crippen LogP contribution is -2.40. The minimum Gasteiger partial charge on any atom is -0.379 e. The van der Waals surface area contributed by atoms with Crippen LogP contribution in [0.5, 0.6) is 0 Å². The van der Waals surface area contributed by atoms with E-state index in [2.05, 4.69) is 15.6 Å². The molecule has 1 aromatic carbocycles. The quantitative estimate of drug-likeness (QED) is 0.531. The Morgan fingerprint density at radius 1 is 1.21 bits per heavy atom. The second-order valence-corrected chi connectivity index (χ2v) is 9.93. The fourth-order valence-corrected chi connectivity index (χ4v) is 5.69. The highest BCUT2D eigenvalue weighted by Crippen LogP contribution is 2.25. The van der Waals surface area contributed by atoms with Crippen molar-refractivity contribution >= 4 is 27.3 Å². The van der Waals surface area contributed by atoms with E-state index in [9.17, 15) is 12.8 Å². The van der Waals surface area contributed by atoms with Crippen molar-refractivity contribution in [3.63, 3.8) is 0 Å². The highest BCUT2D eigenvalue weighted by molar-refractivity contribution is 7.91. The number of hydrogen-bond donors (Lipinski definition) is 2. The minimum absolute atomic E-state index is 0.236. The number of ether oxygens (including phenoxy) is 1. The van der Waals surface area contributed by atoms with E-state index < -0.39 is 10.0 Å². The summed E-state index contributed by atoms with van der Waals surface area (Å²) in [7, 11) is -1.83. The Balaban J connectivity index is 1.55. The third kappa shape index (κ3) is 5.53. The normalized spacial score (nSPS) is 16.0. The number of guanidine groups is 1. The summed E-state index contributed by atoms with van der Waals surface area (Å²) in [5.74, 6) is 0.316. The van der Waals surface area contributed by atoms with Crippen LogP contribution in [0.15, 0.2) is 39.5 Å². The lowest BCUT2D eigenvalue weighted by molar-refractivity contribution is 0.0731. The SMILES string of the molecule is CN=C(NCc1ccc(C)c(F)c1)NCc1ccc(S(=O)(=O)N2CCOCC2)s1. The van der Waals surface area contributed by atoms with E-state index in [1.807, 2.05) is 6.07 Å². The molecule has 158 valence electrons. The van der Waals surface area contributed by atoms with E-state index in [1.165, 1.54) is 21.7 Å². The predicted octanol–water partition coefficient (Wildman–Crippen LogP) is 2.08. The van der Waals surface area contributed by atoms with Gasteiger partial charge in [0.15, 0.2) is 5.96 Å². The van der Waals surface area contributed by atoms with Crippen LogP contribution in [0.2, 0.25) is 0 Å². The molecule has 0 spiro atoms. The van der Waals surface area contributed by atoms with Crippen molar-refractivity contribution in [3.05, 3.63) is 52.2 Å². The van der Waals surface area contributed by atoms with Crippen molar-refractivity contribution < 1.29 is 17.5 Å². The molecule has 2 heterocycles. The van der Waals surface area contributed by atoms with E-state index in [-0.39, 0.29) is 5.82 Å². The van der Waals surface area contributed by atoms with Crippen LogP contribution in [0.1, 0.15) is 16.0 Å². The van der Waals surface area contributed by atoms with Crippen LogP contribution in [-0.4, -0.2) is 52.0 Å². The average molecular weight is 441 g/mol. The molecule has 7 nitrogen and oxygen atoms in total. The Morgan fingerprint density at radius 2 is 1.93 bits per heavy atom. The van der Waals surface area contributed by atoms with Gasteiger partial charge in [-0.1, -0.05) is 12.1 Å². The van der Waals surface area contributed by atoms with Crippen molar-refractivity contribution in [2.45, 2.75) is 24.2 Å². The molecule has 3 rings (SSSR count). The summed E-state index contributed by atoms with van der Waals surface area (Å²) in [6.45, 7) is 4.19. The number of hydrogen-bond acceptors (Lipinski definition) is 5. The van der Waals surface area contributed by atoms with Gasteiger partial charge in [0.1, 0.15) is 10.0 Å². The first-order valence-electron chi connectivity index (χ1n) is 9.26. The number of nitrogens with zero attached hydrogens (tertiary/aromatic N) is 2. The van der Waals surface area contributed by atoms with Crippen LogP contribution in [0.4, 0.5) is 4.39 Å². The van der Waals surface area contributed by atoms with Crippen LogP contribution in [0, 0.1) is 12.7 Å². The molecule has 0 saturated carbocycles. The summed E-state index contributed by atoms with van der Waals surface area (Å²) in [5, 5.41) is 6.28. The molecule has 29 heavy (non-hydrogen) atoms. The largest absolute Gasteiger partial charge is 0.379 e. The summed E-state index contributed by atoms with van der Waals surface area (Å²) in [6.07, 6.45) is 0. The maximum absolute atomic E-state index is 13.7. The maximum Gasteiger partial charge on any atom is 0.252 e. The van der Waals surface area contributed by atoms with Crippen molar-refractivity contribution in [3.8, 4) is 0 Å². The number of benzene rings is 1. The fraction of sp³-hybridized carbons (Fsp3) is 0.421. The molecule has 0 bridgehead atoms. The van der Waals surface area contributed by atoms with E-state index in [0.29, 0.717) is 55.1 Å². The van der Waals surface area contributed by atoms with Crippen molar-refractivity contribution in [2.75, 3.05) is 33.4 Å². The number of nitrogens with one attached hydrogen (secondary N) is 2. The number of sulfonamides is 1. The number of rotatable bonds is 6. The van der Waals surface area contributed by atoms with Crippen LogP contribution >= 0.6 is 11.3 Å². The van der Waals surface area contributed by atoms with Crippen LogP contribution in [-0.2, 0) is 27.8 Å². The van der Waals surface area contributed by atoms with E-state index in [1.54, 1.807) is 32.2 Å². The number of aliphatic imine (C=N–C) groups is 1. The third-order valence-electron chi connectivity index (χ3n) is 4.55. The van der Waals surface area contributed by atoms with Gasteiger partial charge in [-0.2, -0.15) is 4.31 Å². The molecule has 0 radical (unpaired) electrons. The molecular formula is C19H25FN4O3S2. The highest BCUT2D eigenvalue weighted by atomic mass is 32.2. The first-order chi connectivity index (χ1) is 13.9. The van der Waals surface area contributed by atoms with Gasteiger partial charge < -0.3 is 15.4 Å². The molecule has 0 amide bonds. The Kier molecular flexibility index (Phi) is 7.23. The van der Waals surface area contributed by atoms with Crippen molar-refractivity contribution in [1.29, 1.82) is 0 Å². The summed E-state index contributed by atoms with van der Waals surface area (Å²) >= 11 is 1.24. The molecule has 10 heteroatoms.